The van der Waals surface area contributed by atoms with Crippen molar-refractivity contribution in [1.82, 2.24) is 9.55 Å². The third-order valence-electron chi connectivity index (χ3n) is 4.84. The summed E-state index contributed by atoms with van der Waals surface area (Å²) in [6, 6.07) is 5.54. The van der Waals surface area contributed by atoms with E-state index in [-0.39, 0.29) is 35.7 Å². The average Bonchev–Trinajstić information content (AvgIpc) is 2.81. The van der Waals surface area contributed by atoms with Gasteiger partial charge in [-0.05, 0) is 37.1 Å². The molecule has 0 spiro atoms. The first-order valence-corrected chi connectivity index (χ1v) is 10.5. The van der Waals surface area contributed by atoms with E-state index in [0.717, 1.165) is 11.3 Å². The topological polar surface area (TPSA) is 154 Å². The fourth-order valence-corrected chi connectivity index (χ4v) is 3.11. The van der Waals surface area contributed by atoms with Crippen LogP contribution < -0.4 is 21.9 Å². The van der Waals surface area contributed by atoms with Crippen molar-refractivity contribution in [2.24, 2.45) is 0 Å². The Morgan fingerprint density at radius 3 is 2.18 bits per heavy atom. The monoisotopic (exact) mass is 460 g/mol. The zero-order valence-electron chi connectivity index (χ0n) is 18.9. The highest BCUT2D eigenvalue weighted by atomic mass is 16.5. The number of aromatic amines is 1. The fourth-order valence-electron chi connectivity index (χ4n) is 3.11. The number of carbonyl (C=O) groups excluding carboxylic acids is 3. The minimum Gasteiger partial charge on any atom is -0.465 e. The van der Waals surface area contributed by atoms with Crippen LogP contribution in [0.1, 0.15) is 53.8 Å². The Bertz CT molecular complexity index is 1120. The Hall–Kier alpha value is -3.89. The number of hydrogen-bond donors (Lipinski definition) is 2. The van der Waals surface area contributed by atoms with Crippen molar-refractivity contribution < 1.29 is 23.9 Å². The van der Waals surface area contributed by atoms with Crippen LogP contribution in [0.4, 0.5) is 11.5 Å². The molecule has 33 heavy (non-hydrogen) atoms. The maximum absolute atomic E-state index is 12.9. The van der Waals surface area contributed by atoms with E-state index in [1.807, 2.05) is 13.8 Å². The zero-order valence-corrected chi connectivity index (χ0v) is 18.9. The predicted molar refractivity (Wildman–Crippen MR) is 121 cm³/mol. The molecular weight excluding hydrogens is 432 g/mol. The van der Waals surface area contributed by atoms with Gasteiger partial charge in [-0.15, -0.1) is 0 Å². The molecule has 1 heterocycles. The Labute approximate surface area is 190 Å². The molecule has 0 bridgehead atoms. The number of hydrogen-bond acceptors (Lipinski definition) is 8. The Balaban J connectivity index is 2.24. The number of unbranched alkanes of at least 4 members (excludes halogenated alkanes) is 1. The van der Waals surface area contributed by atoms with Crippen LogP contribution in [0.2, 0.25) is 0 Å². The summed E-state index contributed by atoms with van der Waals surface area (Å²) in [4.78, 5) is 64.7. The maximum atomic E-state index is 12.9. The third kappa shape index (κ3) is 6.09. The number of benzene rings is 1. The summed E-state index contributed by atoms with van der Waals surface area (Å²) in [7, 11) is 1.24. The number of nitrogen functional groups attached to an aromatic ring is 1. The number of carbonyl (C=O) groups is 3. The smallest absolute Gasteiger partial charge is 0.338 e. The summed E-state index contributed by atoms with van der Waals surface area (Å²) in [5.74, 6) is -2.13. The molecule has 11 heteroatoms. The molecule has 0 aliphatic rings. The number of nitrogens with zero attached hydrogens (tertiary/aromatic N) is 2. The SMILES string of the molecule is CCCCN(C(=O)COC(=O)c1ccc(C(=O)OC)cc1)c1c(N)n(CCC)c(=O)[nH]c1=O. The largest absolute Gasteiger partial charge is 0.465 e. The molecule has 2 rings (SSSR count). The minimum atomic E-state index is -0.793. The van der Waals surface area contributed by atoms with Gasteiger partial charge >= 0.3 is 17.6 Å². The number of methoxy groups -OCH3 is 1. The molecule has 1 amide bonds. The van der Waals surface area contributed by atoms with Gasteiger partial charge < -0.3 is 20.1 Å². The number of esters is 2. The zero-order chi connectivity index (χ0) is 24.5. The first-order chi connectivity index (χ1) is 15.7. The lowest BCUT2D eigenvalue weighted by Gasteiger charge is -2.24. The van der Waals surface area contributed by atoms with E-state index in [1.165, 1.54) is 35.9 Å². The molecule has 1 aromatic heterocycles. The number of anilines is 2. The molecule has 2 aromatic rings. The second kappa shape index (κ2) is 11.7. The number of rotatable bonds is 10. The Kier molecular flexibility index (Phi) is 8.96. The number of nitrogens with one attached hydrogen (secondary N) is 1. The fraction of sp³-hybridized carbons (Fsp3) is 0.409. The van der Waals surface area contributed by atoms with Crippen molar-refractivity contribution in [1.29, 1.82) is 0 Å². The van der Waals surface area contributed by atoms with E-state index in [2.05, 4.69) is 9.72 Å². The van der Waals surface area contributed by atoms with Crippen LogP contribution >= 0.6 is 0 Å². The molecule has 0 aliphatic carbocycles. The van der Waals surface area contributed by atoms with E-state index in [1.54, 1.807) is 0 Å². The summed E-state index contributed by atoms with van der Waals surface area (Å²) in [5, 5.41) is 0. The van der Waals surface area contributed by atoms with Gasteiger partial charge in [0.05, 0.1) is 18.2 Å². The van der Waals surface area contributed by atoms with Crippen molar-refractivity contribution in [2.45, 2.75) is 39.7 Å². The van der Waals surface area contributed by atoms with Crippen LogP contribution in [-0.4, -0.2) is 47.7 Å². The minimum absolute atomic E-state index is 0.125. The lowest BCUT2D eigenvalue weighted by Crippen LogP contribution is -2.43. The second-order valence-electron chi connectivity index (χ2n) is 7.19. The van der Waals surface area contributed by atoms with Crippen molar-refractivity contribution in [2.75, 3.05) is 30.9 Å². The number of ether oxygens (including phenoxy) is 2. The predicted octanol–water partition coefficient (Wildman–Crippen LogP) is 1.31. The summed E-state index contributed by atoms with van der Waals surface area (Å²) >= 11 is 0. The van der Waals surface area contributed by atoms with Gasteiger partial charge in [-0.2, -0.15) is 0 Å². The molecular formula is C22H28N4O7. The van der Waals surface area contributed by atoms with Crippen LogP contribution in [0, 0.1) is 0 Å². The summed E-state index contributed by atoms with van der Waals surface area (Å²) in [6.07, 6.45) is 1.87. The van der Waals surface area contributed by atoms with E-state index in [0.29, 0.717) is 12.8 Å². The molecule has 0 aliphatic heterocycles. The first-order valence-electron chi connectivity index (χ1n) is 10.5. The van der Waals surface area contributed by atoms with Gasteiger partial charge in [0.25, 0.3) is 11.5 Å². The molecule has 3 N–H and O–H groups in total. The molecule has 0 saturated carbocycles. The van der Waals surface area contributed by atoms with Gasteiger partial charge in [-0.3, -0.25) is 19.1 Å². The van der Waals surface area contributed by atoms with Crippen LogP contribution in [0.3, 0.4) is 0 Å². The highest BCUT2D eigenvalue weighted by Gasteiger charge is 2.25. The standard InChI is InChI=1S/C22H28N4O7/c1-4-6-12-25(17-18(23)26(11-5-2)22(31)24-19(17)28)16(27)13-33-21(30)15-9-7-14(8-10-15)20(29)32-3/h7-10H,4-6,11-13,23H2,1-3H3,(H,24,28,31). The summed E-state index contributed by atoms with van der Waals surface area (Å²) in [5.41, 5.74) is 4.86. The molecule has 0 atom stereocenters. The number of aromatic nitrogens is 2. The molecule has 0 saturated heterocycles. The van der Waals surface area contributed by atoms with Gasteiger partial charge in [0.1, 0.15) is 5.82 Å². The second-order valence-corrected chi connectivity index (χ2v) is 7.19. The molecule has 178 valence electrons. The van der Waals surface area contributed by atoms with Crippen LogP contribution in [-0.2, 0) is 20.8 Å². The summed E-state index contributed by atoms with van der Waals surface area (Å²) < 4.78 is 10.9. The van der Waals surface area contributed by atoms with Crippen molar-refractivity contribution in [3.05, 3.63) is 56.2 Å². The van der Waals surface area contributed by atoms with Gasteiger partial charge in [0, 0.05) is 13.1 Å². The van der Waals surface area contributed by atoms with Crippen molar-refractivity contribution >= 4 is 29.4 Å². The van der Waals surface area contributed by atoms with Crippen LogP contribution in [0.25, 0.3) is 0 Å². The lowest BCUT2D eigenvalue weighted by atomic mass is 10.1. The Morgan fingerprint density at radius 1 is 1.03 bits per heavy atom. The van der Waals surface area contributed by atoms with Gasteiger partial charge in [0.2, 0.25) is 0 Å². The van der Waals surface area contributed by atoms with Gasteiger partial charge in [-0.25, -0.2) is 14.4 Å². The quantitative estimate of drug-likeness (QED) is 0.503. The highest BCUT2D eigenvalue weighted by molar-refractivity contribution is 5.99. The molecule has 0 radical (unpaired) electrons. The van der Waals surface area contributed by atoms with E-state index in [4.69, 9.17) is 10.5 Å². The van der Waals surface area contributed by atoms with E-state index < -0.39 is 35.7 Å². The lowest BCUT2D eigenvalue weighted by molar-refractivity contribution is -0.121. The molecule has 0 unspecified atom stereocenters. The van der Waals surface area contributed by atoms with Crippen molar-refractivity contribution in [3.63, 3.8) is 0 Å². The maximum Gasteiger partial charge on any atom is 0.338 e. The normalized spacial score (nSPS) is 10.5. The van der Waals surface area contributed by atoms with Crippen LogP contribution in [0.15, 0.2) is 33.9 Å². The number of H-pyrrole nitrogens is 1. The number of nitrogens with two attached hydrogens (primary N) is 1. The Morgan fingerprint density at radius 2 is 1.64 bits per heavy atom. The average molecular weight is 460 g/mol. The summed E-state index contributed by atoms with van der Waals surface area (Å²) in [6.45, 7) is 3.52. The molecule has 1 aromatic carbocycles. The van der Waals surface area contributed by atoms with Crippen LogP contribution in [0.5, 0.6) is 0 Å². The van der Waals surface area contributed by atoms with Crippen molar-refractivity contribution in [3.8, 4) is 0 Å². The van der Waals surface area contributed by atoms with Gasteiger partial charge in [0.15, 0.2) is 12.3 Å². The molecule has 0 fully saturated rings. The first kappa shape index (κ1) is 25.4. The third-order valence-corrected chi connectivity index (χ3v) is 4.84. The van der Waals surface area contributed by atoms with E-state index >= 15 is 0 Å². The van der Waals surface area contributed by atoms with Gasteiger partial charge in [-0.1, -0.05) is 20.3 Å². The number of amides is 1. The highest BCUT2D eigenvalue weighted by Crippen LogP contribution is 2.18. The molecule has 11 nitrogen and oxygen atoms in total. The van der Waals surface area contributed by atoms with E-state index in [9.17, 15) is 24.0 Å².